The van der Waals surface area contributed by atoms with Gasteiger partial charge in [-0.2, -0.15) is 0 Å². The first-order valence-corrected chi connectivity index (χ1v) is 10.6. The smallest absolute Gasteiger partial charge is 0.338 e. The fraction of sp³-hybridized carbons (Fsp3) is 0.556. The molecule has 0 aliphatic carbocycles. The molecule has 0 radical (unpaired) electrons. The van der Waals surface area contributed by atoms with Crippen LogP contribution in [-0.4, -0.2) is 63.0 Å². The molecular formula is C18H27NO5S2. The average molecular weight is 402 g/mol. The Hall–Kier alpha value is -1.22. The number of amides is 1. The maximum atomic E-state index is 12.0. The number of carbonyl (C=O) groups excluding carboxylic acids is 2. The number of hydrogen-bond acceptors (Lipinski definition) is 7. The number of aliphatic hydroxyl groups excluding tert-OH is 2. The van der Waals surface area contributed by atoms with E-state index in [1.165, 1.54) is 6.92 Å². The lowest BCUT2D eigenvalue weighted by Crippen LogP contribution is -2.53. The normalized spacial score (nSPS) is 14.5. The van der Waals surface area contributed by atoms with E-state index in [-0.39, 0.29) is 17.1 Å². The summed E-state index contributed by atoms with van der Waals surface area (Å²) in [5, 5.41) is 23.6. The molecular weight excluding hydrogens is 374 g/mol. The lowest BCUT2D eigenvalue weighted by Gasteiger charge is -2.32. The molecule has 0 saturated carbocycles. The quantitative estimate of drug-likeness (QED) is 0.385. The molecule has 0 heterocycles. The highest BCUT2D eigenvalue weighted by Gasteiger charge is 2.34. The van der Waals surface area contributed by atoms with Crippen molar-refractivity contribution in [3.63, 3.8) is 0 Å². The third-order valence-electron chi connectivity index (χ3n) is 3.48. The Morgan fingerprint density at radius 3 is 2.19 bits per heavy atom. The predicted molar refractivity (Wildman–Crippen MR) is 106 cm³/mol. The highest BCUT2D eigenvalue weighted by Crippen LogP contribution is 2.29. The van der Waals surface area contributed by atoms with Gasteiger partial charge in [-0.3, -0.25) is 4.79 Å². The molecule has 0 aliphatic heterocycles. The zero-order chi connectivity index (χ0) is 19.5. The Morgan fingerprint density at radius 2 is 1.69 bits per heavy atom. The molecule has 0 aliphatic rings. The minimum atomic E-state index is -1.31. The zero-order valence-corrected chi connectivity index (χ0v) is 16.9. The van der Waals surface area contributed by atoms with Crippen molar-refractivity contribution < 1.29 is 24.5 Å². The van der Waals surface area contributed by atoms with Crippen LogP contribution in [0.4, 0.5) is 0 Å². The van der Waals surface area contributed by atoms with E-state index in [2.05, 4.69) is 5.32 Å². The van der Waals surface area contributed by atoms with E-state index in [0.717, 1.165) is 11.5 Å². The van der Waals surface area contributed by atoms with Crippen LogP contribution in [0.1, 0.15) is 31.1 Å². The van der Waals surface area contributed by atoms with Crippen LogP contribution in [0.25, 0.3) is 0 Å². The summed E-state index contributed by atoms with van der Waals surface area (Å²) in [5.41, 5.74) is 0.369. The van der Waals surface area contributed by atoms with Crippen LogP contribution in [0.5, 0.6) is 0 Å². The van der Waals surface area contributed by atoms with Crippen molar-refractivity contribution in [2.45, 2.75) is 43.6 Å². The van der Waals surface area contributed by atoms with Crippen molar-refractivity contribution in [1.29, 1.82) is 0 Å². The molecule has 8 heteroatoms. The number of esters is 1. The first kappa shape index (κ1) is 22.8. The van der Waals surface area contributed by atoms with Crippen LogP contribution in [0, 0.1) is 0 Å². The minimum absolute atomic E-state index is 0.122. The molecule has 0 saturated heterocycles. The molecule has 3 N–H and O–H groups in total. The van der Waals surface area contributed by atoms with Crippen molar-refractivity contribution in [2.75, 3.05) is 18.1 Å². The minimum Gasteiger partial charge on any atom is -0.459 e. The fourth-order valence-corrected chi connectivity index (χ4v) is 5.02. The number of hydrogen-bond donors (Lipinski definition) is 3. The number of carbonyl (C=O) groups is 2. The summed E-state index contributed by atoms with van der Waals surface area (Å²) in [6.07, 6.45) is -2.57. The first-order chi connectivity index (χ1) is 12.4. The lowest BCUT2D eigenvalue weighted by atomic mass is 10.1. The summed E-state index contributed by atoms with van der Waals surface area (Å²) in [6.45, 7) is 4.99. The van der Waals surface area contributed by atoms with Crippen molar-refractivity contribution in [3.05, 3.63) is 35.9 Å². The Morgan fingerprint density at radius 1 is 1.12 bits per heavy atom. The maximum Gasteiger partial charge on any atom is 0.338 e. The van der Waals surface area contributed by atoms with E-state index in [0.29, 0.717) is 5.56 Å². The molecule has 6 nitrogen and oxygen atoms in total. The van der Waals surface area contributed by atoms with Crippen LogP contribution in [0.2, 0.25) is 0 Å². The third-order valence-corrected chi connectivity index (χ3v) is 6.21. The molecule has 0 bridgehead atoms. The number of nitrogens with one attached hydrogen (secondary N) is 1. The summed E-state index contributed by atoms with van der Waals surface area (Å²) in [6, 6.07) is 7.76. The summed E-state index contributed by atoms with van der Waals surface area (Å²) in [7, 11) is 0. The lowest BCUT2D eigenvalue weighted by molar-refractivity contribution is -0.121. The van der Waals surface area contributed by atoms with Gasteiger partial charge >= 0.3 is 5.97 Å². The molecule has 1 aromatic carbocycles. The topological polar surface area (TPSA) is 95.9 Å². The molecule has 0 spiro atoms. The van der Waals surface area contributed by atoms with Gasteiger partial charge in [-0.05, 0) is 23.6 Å². The van der Waals surface area contributed by atoms with E-state index >= 15 is 0 Å². The standard InChI is InChI=1S/C18H27NO5S2/c1-4-25-18(26-5-2)15(19-12(3)20)16(22)14(21)11-24-17(23)13-9-7-6-8-10-13/h6-10,14-16,18,21-22H,4-5,11H2,1-3H3,(H,19,20)/t14-,15+,16+/m1/s1. The summed E-state index contributed by atoms with van der Waals surface area (Å²) in [4.78, 5) is 23.5. The Kier molecular flexibility index (Phi) is 10.7. The van der Waals surface area contributed by atoms with E-state index in [1.54, 1.807) is 53.9 Å². The van der Waals surface area contributed by atoms with Crippen molar-refractivity contribution in [2.24, 2.45) is 0 Å². The average Bonchev–Trinajstić information content (AvgIpc) is 2.63. The number of thioether (sulfide) groups is 2. The SMILES string of the molecule is CCSC(SCC)[C@@H](NC(C)=O)[C@@H](O)[C@H](O)COC(=O)c1ccccc1. The largest absolute Gasteiger partial charge is 0.459 e. The number of ether oxygens (including phenoxy) is 1. The van der Waals surface area contributed by atoms with Crippen LogP contribution in [-0.2, 0) is 9.53 Å². The van der Waals surface area contributed by atoms with Crippen LogP contribution in [0.15, 0.2) is 30.3 Å². The summed E-state index contributed by atoms with van der Waals surface area (Å²) < 4.78 is 4.97. The molecule has 0 aromatic heterocycles. The van der Waals surface area contributed by atoms with Gasteiger partial charge in [-0.1, -0.05) is 32.0 Å². The summed E-state index contributed by atoms with van der Waals surface area (Å²) in [5.74, 6) is 0.746. The van der Waals surface area contributed by atoms with Crippen molar-refractivity contribution >= 4 is 35.4 Å². The number of benzene rings is 1. The number of rotatable bonds is 11. The zero-order valence-electron chi connectivity index (χ0n) is 15.3. The van der Waals surface area contributed by atoms with Crippen molar-refractivity contribution in [1.82, 2.24) is 5.32 Å². The van der Waals surface area contributed by atoms with Gasteiger partial charge in [-0.25, -0.2) is 4.79 Å². The fourth-order valence-electron chi connectivity index (χ4n) is 2.29. The monoisotopic (exact) mass is 401 g/mol. The van der Waals surface area contributed by atoms with E-state index < -0.39 is 24.2 Å². The van der Waals surface area contributed by atoms with Gasteiger partial charge in [0, 0.05) is 6.92 Å². The molecule has 0 fully saturated rings. The Balaban J connectivity index is 2.73. The van der Waals surface area contributed by atoms with E-state index in [4.69, 9.17) is 4.74 Å². The molecule has 1 rings (SSSR count). The predicted octanol–water partition coefficient (Wildman–Crippen LogP) is 1.90. The Bertz CT molecular complexity index is 552. The molecule has 146 valence electrons. The third kappa shape index (κ3) is 7.57. The second-order valence-electron chi connectivity index (χ2n) is 5.53. The van der Waals surface area contributed by atoms with Crippen LogP contribution < -0.4 is 5.32 Å². The van der Waals surface area contributed by atoms with E-state index in [1.807, 2.05) is 13.8 Å². The molecule has 1 amide bonds. The highest BCUT2D eigenvalue weighted by atomic mass is 32.2. The van der Waals surface area contributed by atoms with Gasteiger partial charge in [0.15, 0.2) is 0 Å². The maximum absolute atomic E-state index is 12.0. The Labute approximate surface area is 163 Å². The first-order valence-electron chi connectivity index (χ1n) is 8.49. The van der Waals surface area contributed by atoms with Crippen LogP contribution >= 0.6 is 23.5 Å². The van der Waals surface area contributed by atoms with Gasteiger partial charge in [0.1, 0.15) is 18.8 Å². The summed E-state index contributed by atoms with van der Waals surface area (Å²) >= 11 is 3.17. The second kappa shape index (κ2) is 12.2. The number of aliphatic hydroxyl groups is 2. The van der Waals surface area contributed by atoms with Gasteiger partial charge in [0.05, 0.1) is 16.2 Å². The van der Waals surface area contributed by atoms with Gasteiger partial charge < -0.3 is 20.3 Å². The van der Waals surface area contributed by atoms with Gasteiger partial charge in [-0.15, -0.1) is 23.5 Å². The van der Waals surface area contributed by atoms with Gasteiger partial charge in [0.2, 0.25) is 5.91 Å². The molecule has 3 atom stereocenters. The highest BCUT2D eigenvalue weighted by molar-refractivity contribution is 8.17. The second-order valence-corrected chi connectivity index (χ2v) is 8.66. The van der Waals surface area contributed by atoms with Crippen molar-refractivity contribution in [3.8, 4) is 0 Å². The molecule has 26 heavy (non-hydrogen) atoms. The van der Waals surface area contributed by atoms with Gasteiger partial charge in [0.25, 0.3) is 0 Å². The van der Waals surface area contributed by atoms with E-state index in [9.17, 15) is 19.8 Å². The van der Waals surface area contributed by atoms with Crippen LogP contribution in [0.3, 0.4) is 0 Å². The molecule has 0 unspecified atom stereocenters. The molecule has 1 aromatic rings.